The van der Waals surface area contributed by atoms with Crippen molar-refractivity contribution in [3.8, 4) is 0 Å². The van der Waals surface area contributed by atoms with E-state index in [1.807, 2.05) is 76.2 Å². The summed E-state index contributed by atoms with van der Waals surface area (Å²) in [6.07, 6.45) is 3.56. The van der Waals surface area contributed by atoms with Crippen LogP contribution in [0.5, 0.6) is 0 Å². The second kappa shape index (κ2) is 15.4. The SMILES string of the molecule is CCCCCCN(C(=O)C(CC(C)C)NC(=O)OC(C)(C)C)C(C(=O)Nc1c(C)cccc1C)c1ccccc1. The number of nitrogens with zero attached hydrogens (tertiary/aromatic N) is 1. The number of unbranched alkanes of at least 4 members (excludes halogenated alkanes) is 3. The predicted molar refractivity (Wildman–Crippen MR) is 162 cm³/mol. The molecule has 0 radical (unpaired) electrons. The fraction of sp³-hybridized carbons (Fsp3) is 0.545. The van der Waals surface area contributed by atoms with E-state index >= 15 is 0 Å². The third-order valence-corrected chi connectivity index (χ3v) is 6.64. The number of alkyl carbamates (subject to hydrolysis) is 1. The maximum absolute atomic E-state index is 14.3. The lowest BCUT2D eigenvalue weighted by molar-refractivity contribution is -0.141. The van der Waals surface area contributed by atoms with Gasteiger partial charge in [0.25, 0.3) is 5.91 Å². The number of carbonyl (C=O) groups is 3. The van der Waals surface area contributed by atoms with Gasteiger partial charge in [0.2, 0.25) is 5.91 Å². The lowest BCUT2D eigenvalue weighted by Gasteiger charge is -2.35. The quantitative estimate of drug-likeness (QED) is 0.255. The van der Waals surface area contributed by atoms with Crippen LogP contribution in [0.1, 0.15) is 96.4 Å². The summed E-state index contributed by atoms with van der Waals surface area (Å²) in [6, 6.07) is 13.6. The molecule has 2 N–H and O–H groups in total. The molecule has 0 spiro atoms. The molecule has 0 heterocycles. The van der Waals surface area contributed by atoms with Crippen LogP contribution in [0.25, 0.3) is 0 Å². The Balaban J connectivity index is 2.53. The van der Waals surface area contributed by atoms with Crippen LogP contribution in [0.2, 0.25) is 0 Å². The molecule has 3 amide bonds. The van der Waals surface area contributed by atoms with Gasteiger partial charge in [0.15, 0.2) is 0 Å². The topological polar surface area (TPSA) is 87.7 Å². The van der Waals surface area contributed by atoms with Crippen molar-refractivity contribution in [2.75, 3.05) is 11.9 Å². The average molecular weight is 552 g/mol. The van der Waals surface area contributed by atoms with E-state index in [9.17, 15) is 14.4 Å². The zero-order chi connectivity index (χ0) is 29.9. The van der Waals surface area contributed by atoms with Gasteiger partial charge in [-0.05, 0) is 70.1 Å². The van der Waals surface area contributed by atoms with Gasteiger partial charge in [-0.3, -0.25) is 9.59 Å². The van der Waals surface area contributed by atoms with Gasteiger partial charge >= 0.3 is 6.09 Å². The van der Waals surface area contributed by atoms with E-state index in [-0.39, 0.29) is 17.7 Å². The molecule has 2 atom stereocenters. The van der Waals surface area contributed by atoms with Gasteiger partial charge in [-0.15, -0.1) is 0 Å². The van der Waals surface area contributed by atoms with E-state index in [2.05, 4.69) is 17.6 Å². The maximum Gasteiger partial charge on any atom is 0.408 e. The third kappa shape index (κ3) is 10.3. The molecule has 0 saturated heterocycles. The molecule has 0 bridgehead atoms. The third-order valence-electron chi connectivity index (χ3n) is 6.64. The number of hydrogen-bond acceptors (Lipinski definition) is 4. The number of carbonyl (C=O) groups excluding carboxylic acids is 3. The van der Waals surface area contributed by atoms with Crippen LogP contribution in [-0.2, 0) is 14.3 Å². The summed E-state index contributed by atoms with van der Waals surface area (Å²) in [4.78, 5) is 42.8. The monoisotopic (exact) mass is 551 g/mol. The Bertz CT molecular complexity index is 1090. The lowest BCUT2D eigenvalue weighted by Crippen LogP contribution is -2.53. The van der Waals surface area contributed by atoms with Gasteiger partial charge in [-0.2, -0.15) is 0 Å². The molecule has 0 aliphatic heterocycles. The van der Waals surface area contributed by atoms with Gasteiger partial charge in [-0.1, -0.05) is 88.6 Å². The Morgan fingerprint density at radius 2 is 1.52 bits per heavy atom. The van der Waals surface area contributed by atoms with Crippen LogP contribution < -0.4 is 10.6 Å². The minimum atomic E-state index is -0.871. The van der Waals surface area contributed by atoms with E-state index in [0.717, 1.165) is 48.1 Å². The van der Waals surface area contributed by atoms with Crippen LogP contribution >= 0.6 is 0 Å². The maximum atomic E-state index is 14.3. The number of para-hydroxylation sites is 1. The first-order valence-corrected chi connectivity index (χ1v) is 14.6. The summed E-state index contributed by atoms with van der Waals surface area (Å²) in [7, 11) is 0. The highest BCUT2D eigenvalue weighted by molar-refractivity contribution is 5.99. The molecule has 0 fully saturated rings. The summed E-state index contributed by atoms with van der Waals surface area (Å²) in [6.45, 7) is 15.8. The number of aryl methyl sites for hydroxylation is 2. The standard InChI is InChI=1S/C33H49N3O4/c1-9-10-11-15-21-36(31(38)27(22-23(2)3)34-32(39)40-33(6,7)8)29(26-19-13-12-14-20-26)30(37)35-28-24(4)17-16-18-25(28)5/h12-14,16-20,23,27,29H,9-11,15,21-22H2,1-8H3,(H,34,39)(H,35,37). The Kier molecular flexibility index (Phi) is 12.7. The van der Waals surface area contributed by atoms with Crippen LogP contribution in [0, 0.1) is 19.8 Å². The van der Waals surface area contributed by atoms with Crippen molar-refractivity contribution < 1.29 is 19.1 Å². The number of nitrogens with one attached hydrogen (secondary N) is 2. The second-order valence-electron chi connectivity index (χ2n) is 12.0. The average Bonchev–Trinajstić information content (AvgIpc) is 2.86. The largest absolute Gasteiger partial charge is 0.444 e. The number of hydrogen-bond donors (Lipinski definition) is 2. The van der Waals surface area contributed by atoms with Crippen molar-refractivity contribution in [2.24, 2.45) is 5.92 Å². The molecule has 0 aliphatic carbocycles. The molecule has 220 valence electrons. The van der Waals surface area contributed by atoms with Crippen molar-refractivity contribution in [1.29, 1.82) is 0 Å². The van der Waals surface area contributed by atoms with Gasteiger partial charge < -0.3 is 20.3 Å². The number of anilines is 1. The fourth-order valence-corrected chi connectivity index (χ4v) is 4.73. The summed E-state index contributed by atoms with van der Waals surface area (Å²) in [5, 5.41) is 5.94. The Labute approximate surface area is 241 Å². The second-order valence-corrected chi connectivity index (χ2v) is 12.0. The predicted octanol–water partition coefficient (Wildman–Crippen LogP) is 7.33. The van der Waals surface area contributed by atoms with Gasteiger partial charge in [-0.25, -0.2) is 4.79 Å². The van der Waals surface area contributed by atoms with Crippen molar-refractivity contribution in [3.05, 3.63) is 65.2 Å². The number of amides is 3. The minimum absolute atomic E-state index is 0.129. The molecule has 0 saturated carbocycles. The number of ether oxygens (including phenoxy) is 1. The van der Waals surface area contributed by atoms with Gasteiger partial charge in [0.1, 0.15) is 17.7 Å². The molecule has 0 aliphatic rings. The van der Waals surface area contributed by atoms with E-state index in [1.54, 1.807) is 25.7 Å². The van der Waals surface area contributed by atoms with Crippen molar-refractivity contribution in [3.63, 3.8) is 0 Å². The van der Waals surface area contributed by atoms with Gasteiger partial charge in [0.05, 0.1) is 0 Å². The van der Waals surface area contributed by atoms with Crippen LogP contribution in [0.15, 0.2) is 48.5 Å². The minimum Gasteiger partial charge on any atom is -0.444 e. The van der Waals surface area contributed by atoms with Crippen molar-refractivity contribution >= 4 is 23.6 Å². The summed E-state index contributed by atoms with van der Waals surface area (Å²) in [5.41, 5.74) is 2.66. The highest BCUT2D eigenvalue weighted by Gasteiger charge is 2.36. The molecule has 7 nitrogen and oxygen atoms in total. The van der Waals surface area contributed by atoms with Gasteiger partial charge in [0, 0.05) is 12.2 Å². The highest BCUT2D eigenvalue weighted by Crippen LogP contribution is 2.28. The molecule has 2 aromatic rings. The normalized spacial score (nSPS) is 12.9. The first kappa shape index (κ1) is 32.9. The van der Waals surface area contributed by atoms with Crippen molar-refractivity contribution in [1.82, 2.24) is 10.2 Å². The smallest absolute Gasteiger partial charge is 0.408 e. The summed E-state index contributed by atoms with van der Waals surface area (Å²) in [5.74, 6) is -0.445. The molecule has 2 aromatic carbocycles. The first-order chi connectivity index (χ1) is 18.8. The van der Waals surface area contributed by atoms with E-state index in [0.29, 0.717) is 13.0 Å². The molecule has 0 aromatic heterocycles. The number of rotatable bonds is 13. The van der Waals surface area contributed by atoms with E-state index in [4.69, 9.17) is 4.74 Å². The Morgan fingerprint density at radius 3 is 2.08 bits per heavy atom. The Hall–Kier alpha value is -3.35. The summed E-state index contributed by atoms with van der Waals surface area (Å²) < 4.78 is 5.49. The molecule has 2 rings (SSSR count). The fourth-order valence-electron chi connectivity index (χ4n) is 4.73. The first-order valence-electron chi connectivity index (χ1n) is 14.6. The molecule has 40 heavy (non-hydrogen) atoms. The van der Waals surface area contributed by atoms with Crippen molar-refractivity contribution in [2.45, 2.75) is 105 Å². The highest BCUT2D eigenvalue weighted by atomic mass is 16.6. The van der Waals surface area contributed by atoms with Crippen LogP contribution in [0.4, 0.5) is 10.5 Å². The van der Waals surface area contributed by atoms with E-state index in [1.165, 1.54) is 0 Å². The number of benzene rings is 2. The zero-order valence-corrected chi connectivity index (χ0v) is 25.7. The van der Waals surface area contributed by atoms with E-state index < -0.39 is 23.8 Å². The lowest BCUT2D eigenvalue weighted by atomic mass is 9.98. The molecular formula is C33H49N3O4. The zero-order valence-electron chi connectivity index (χ0n) is 25.7. The Morgan fingerprint density at radius 1 is 0.900 bits per heavy atom. The molecular weight excluding hydrogens is 502 g/mol. The summed E-state index contributed by atoms with van der Waals surface area (Å²) >= 11 is 0. The van der Waals surface area contributed by atoms with Crippen LogP contribution in [-0.4, -0.2) is 41.0 Å². The molecule has 7 heteroatoms. The van der Waals surface area contributed by atoms with Crippen LogP contribution in [0.3, 0.4) is 0 Å². The molecule has 2 unspecified atom stereocenters.